The zero-order chi connectivity index (χ0) is 5.98. The highest BCUT2D eigenvalue weighted by Crippen LogP contribution is 2.14. The highest BCUT2D eigenvalue weighted by Gasteiger charge is 2.03. The van der Waals surface area contributed by atoms with Crippen LogP contribution >= 0.6 is 0 Å². The SMILES string of the molecule is CC1C=C=CC=C1F. The lowest BCUT2D eigenvalue weighted by atomic mass is 10.1. The summed E-state index contributed by atoms with van der Waals surface area (Å²) in [5, 5.41) is 0. The largest absolute Gasteiger partial charge is 0.211 e. The second-order valence-electron chi connectivity index (χ2n) is 1.84. The van der Waals surface area contributed by atoms with Crippen LogP contribution < -0.4 is 0 Å². The van der Waals surface area contributed by atoms with Gasteiger partial charge < -0.3 is 0 Å². The lowest BCUT2D eigenvalue weighted by molar-refractivity contribution is 0.547. The molecule has 0 fully saturated rings. The normalized spacial score (nSPS) is 25.8. The van der Waals surface area contributed by atoms with Gasteiger partial charge in [-0.25, -0.2) is 4.39 Å². The minimum Gasteiger partial charge on any atom is -0.211 e. The molecule has 42 valence electrons. The maximum atomic E-state index is 12.3. The topological polar surface area (TPSA) is 0 Å². The fourth-order valence-electron chi connectivity index (χ4n) is 0.559. The van der Waals surface area contributed by atoms with Crippen LogP contribution in [0.2, 0.25) is 0 Å². The van der Waals surface area contributed by atoms with E-state index < -0.39 is 0 Å². The summed E-state index contributed by atoms with van der Waals surface area (Å²) in [7, 11) is 0. The van der Waals surface area contributed by atoms with Gasteiger partial charge in [-0.2, -0.15) is 0 Å². The van der Waals surface area contributed by atoms with Crippen LogP contribution in [-0.4, -0.2) is 0 Å². The van der Waals surface area contributed by atoms with Gasteiger partial charge in [0.2, 0.25) is 0 Å². The van der Waals surface area contributed by atoms with E-state index >= 15 is 0 Å². The Labute approximate surface area is 48.0 Å². The van der Waals surface area contributed by atoms with E-state index in [0.717, 1.165) is 0 Å². The third kappa shape index (κ3) is 0.877. The molecule has 0 saturated heterocycles. The monoisotopic (exact) mass is 110 g/mol. The molecule has 1 heteroatoms. The predicted molar refractivity (Wildman–Crippen MR) is 31.0 cm³/mol. The summed E-state index contributed by atoms with van der Waals surface area (Å²) in [6, 6.07) is 0. The molecule has 0 amide bonds. The van der Waals surface area contributed by atoms with E-state index in [0.29, 0.717) is 0 Å². The zero-order valence-corrected chi connectivity index (χ0v) is 4.69. The summed E-state index contributed by atoms with van der Waals surface area (Å²) < 4.78 is 12.3. The summed E-state index contributed by atoms with van der Waals surface area (Å²) in [5.74, 6) is -0.149. The first-order chi connectivity index (χ1) is 3.80. The summed E-state index contributed by atoms with van der Waals surface area (Å²) in [6.07, 6.45) is 4.72. The van der Waals surface area contributed by atoms with E-state index in [-0.39, 0.29) is 11.7 Å². The van der Waals surface area contributed by atoms with Crippen molar-refractivity contribution in [2.24, 2.45) is 5.92 Å². The third-order valence-electron chi connectivity index (χ3n) is 1.12. The minimum atomic E-state index is -0.0799. The summed E-state index contributed by atoms with van der Waals surface area (Å²) in [4.78, 5) is 0. The molecule has 0 nitrogen and oxygen atoms in total. The van der Waals surface area contributed by atoms with Crippen LogP contribution in [0.5, 0.6) is 0 Å². The molecule has 0 N–H and O–H groups in total. The Morgan fingerprint density at radius 1 is 1.75 bits per heavy atom. The Kier molecular flexibility index (Phi) is 1.32. The molecule has 1 rings (SSSR count). The molecule has 0 heterocycles. The number of allylic oxidation sites excluding steroid dienone is 3. The van der Waals surface area contributed by atoms with Gasteiger partial charge in [0, 0.05) is 5.92 Å². The summed E-state index contributed by atoms with van der Waals surface area (Å²) >= 11 is 0. The fraction of sp³-hybridized carbons (Fsp3) is 0.286. The average Bonchev–Trinajstić information content (AvgIpc) is 1.77. The first-order valence-corrected chi connectivity index (χ1v) is 2.59. The Balaban J connectivity index is 2.86. The lowest BCUT2D eigenvalue weighted by Crippen LogP contribution is -1.89. The van der Waals surface area contributed by atoms with E-state index in [1.165, 1.54) is 6.08 Å². The van der Waals surface area contributed by atoms with E-state index in [9.17, 15) is 4.39 Å². The average molecular weight is 110 g/mol. The molecule has 0 radical (unpaired) electrons. The van der Waals surface area contributed by atoms with Gasteiger partial charge in [-0.3, -0.25) is 0 Å². The number of halogens is 1. The molecule has 0 aliphatic heterocycles. The first kappa shape index (κ1) is 5.33. The van der Waals surface area contributed by atoms with Crippen molar-refractivity contribution in [3.63, 3.8) is 0 Å². The van der Waals surface area contributed by atoms with Crippen molar-refractivity contribution >= 4 is 0 Å². The van der Waals surface area contributed by atoms with Crippen LogP contribution in [0.1, 0.15) is 6.92 Å². The van der Waals surface area contributed by atoms with E-state index in [4.69, 9.17) is 0 Å². The fourth-order valence-corrected chi connectivity index (χ4v) is 0.559. The van der Waals surface area contributed by atoms with Crippen LogP contribution in [0.15, 0.2) is 29.8 Å². The van der Waals surface area contributed by atoms with E-state index in [1.54, 1.807) is 19.1 Å². The second-order valence-corrected chi connectivity index (χ2v) is 1.84. The van der Waals surface area contributed by atoms with Crippen molar-refractivity contribution in [1.82, 2.24) is 0 Å². The number of hydrogen-bond acceptors (Lipinski definition) is 0. The molecule has 1 aliphatic rings. The first-order valence-electron chi connectivity index (χ1n) is 2.59. The van der Waals surface area contributed by atoms with Gasteiger partial charge in [0.25, 0.3) is 0 Å². The molecule has 0 saturated carbocycles. The molecule has 1 aliphatic carbocycles. The third-order valence-corrected chi connectivity index (χ3v) is 1.12. The minimum absolute atomic E-state index is 0.0694. The lowest BCUT2D eigenvalue weighted by Gasteiger charge is -2.00. The van der Waals surface area contributed by atoms with Gasteiger partial charge in [-0.05, 0) is 18.2 Å². The van der Waals surface area contributed by atoms with Gasteiger partial charge in [0.1, 0.15) is 5.83 Å². The van der Waals surface area contributed by atoms with Crippen LogP contribution in [0.25, 0.3) is 0 Å². The van der Waals surface area contributed by atoms with Crippen LogP contribution in [0.4, 0.5) is 4.39 Å². The summed E-state index contributed by atoms with van der Waals surface area (Å²) in [5.41, 5.74) is 2.80. The van der Waals surface area contributed by atoms with Crippen molar-refractivity contribution < 1.29 is 4.39 Å². The maximum Gasteiger partial charge on any atom is 0.108 e. The standard InChI is InChI=1S/C7H7F/c1-6-4-2-3-5-7(6)8/h3-6H,1H3. The Morgan fingerprint density at radius 2 is 2.50 bits per heavy atom. The molecule has 8 heavy (non-hydrogen) atoms. The second kappa shape index (κ2) is 1.97. The van der Waals surface area contributed by atoms with Crippen LogP contribution in [-0.2, 0) is 0 Å². The van der Waals surface area contributed by atoms with E-state index in [2.05, 4.69) is 5.73 Å². The van der Waals surface area contributed by atoms with Crippen LogP contribution in [0, 0.1) is 5.92 Å². The molecule has 0 aromatic carbocycles. The Hall–Kier alpha value is -0.810. The van der Waals surface area contributed by atoms with Crippen molar-refractivity contribution in [1.29, 1.82) is 0 Å². The maximum absolute atomic E-state index is 12.3. The van der Waals surface area contributed by atoms with Gasteiger partial charge in [-0.1, -0.05) is 6.92 Å². The highest BCUT2D eigenvalue weighted by atomic mass is 19.1. The van der Waals surface area contributed by atoms with Gasteiger partial charge >= 0.3 is 0 Å². The van der Waals surface area contributed by atoms with Crippen molar-refractivity contribution in [3.8, 4) is 0 Å². The molecule has 0 aromatic rings. The molecule has 0 aromatic heterocycles. The Bertz CT molecular complexity index is 171. The Morgan fingerprint density at radius 3 is 2.88 bits per heavy atom. The smallest absolute Gasteiger partial charge is 0.108 e. The molecular formula is C7H7F. The van der Waals surface area contributed by atoms with Crippen LogP contribution in [0.3, 0.4) is 0 Å². The molecule has 1 unspecified atom stereocenters. The van der Waals surface area contributed by atoms with Crippen molar-refractivity contribution in [2.45, 2.75) is 6.92 Å². The number of hydrogen-bond donors (Lipinski definition) is 0. The van der Waals surface area contributed by atoms with Crippen molar-refractivity contribution in [3.05, 3.63) is 29.8 Å². The molecular weight excluding hydrogens is 103 g/mol. The molecule has 1 atom stereocenters. The summed E-state index contributed by atoms with van der Waals surface area (Å²) in [6.45, 7) is 1.80. The molecule has 0 bridgehead atoms. The molecule has 0 spiro atoms. The predicted octanol–water partition coefficient (Wildman–Crippen LogP) is 2.20. The highest BCUT2D eigenvalue weighted by molar-refractivity contribution is 5.17. The van der Waals surface area contributed by atoms with Crippen molar-refractivity contribution in [2.75, 3.05) is 0 Å². The van der Waals surface area contributed by atoms with E-state index in [1.807, 2.05) is 0 Å². The zero-order valence-electron chi connectivity index (χ0n) is 4.69. The quantitative estimate of drug-likeness (QED) is 0.419. The number of rotatable bonds is 0. The van der Waals surface area contributed by atoms with Gasteiger partial charge in [-0.15, -0.1) is 5.73 Å². The van der Waals surface area contributed by atoms with Gasteiger partial charge in [0.05, 0.1) is 0 Å². The van der Waals surface area contributed by atoms with Gasteiger partial charge in [0.15, 0.2) is 0 Å².